The van der Waals surface area contributed by atoms with Crippen molar-refractivity contribution in [2.45, 2.75) is 57.5 Å². The van der Waals surface area contributed by atoms with Crippen LogP contribution in [-0.4, -0.2) is 70.0 Å². The monoisotopic (exact) mass is 346 g/mol. The molecule has 1 aliphatic carbocycles. The molecular formula is C16H34N4O2S. The van der Waals surface area contributed by atoms with Crippen molar-refractivity contribution in [1.29, 1.82) is 0 Å². The topological polar surface area (TPSA) is 64.7 Å². The van der Waals surface area contributed by atoms with Gasteiger partial charge in [-0.05, 0) is 44.7 Å². The van der Waals surface area contributed by atoms with E-state index in [1.807, 2.05) is 0 Å². The number of rotatable bonds is 7. The minimum absolute atomic E-state index is 0.445. The number of hydrogen-bond donors (Lipinski definition) is 2. The van der Waals surface area contributed by atoms with E-state index < -0.39 is 10.2 Å². The minimum atomic E-state index is -3.29. The van der Waals surface area contributed by atoms with Crippen molar-refractivity contribution in [2.75, 3.05) is 40.3 Å². The van der Waals surface area contributed by atoms with Crippen LogP contribution < -0.4 is 10.0 Å². The van der Waals surface area contributed by atoms with Crippen LogP contribution in [0.25, 0.3) is 0 Å². The lowest BCUT2D eigenvalue weighted by Crippen LogP contribution is -2.49. The molecule has 0 unspecified atom stereocenters. The zero-order valence-electron chi connectivity index (χ0n) is 14.9. The molecule has 0 amide bonds. The first kappa shape index (κ1) is 19.1. The van der Waals surface area contributed by atoms with Crippen LogP contribution >= 0.6 is 0 Å². The molecule has 0 aromatic rings. The highest BCUT2D eigenvalue weighted by Crippen LogP contribution is 2.29. The summed E-state index contributed by atoms with van der Waals surface area (Å²) in [5.41, 5.74) is 0. The normalized spacial score (nSPS) is 28.3. The molecule has 0 spiro atoms. The molecule has 0 bridgehead atoms. The molecule has 0 aromatic heterocycles. The first-order valence-corrected chi connectivity index (χ1v) is 10.5. The van der Waals surface area contributed by atoms with Gasteiger partial charge in [-0.2, -0.15) is 12.7 Å². The van der Waals surface area contributed by atoms with Gasteiger partial charge in [-0.15, -0.1) is 0 Å². The number of piperidine rings is 1. The van der Waals surface area contributed by atoms with Crippen molar-refractivity contribution in [2.24, 2.45) is 5.92 Å². The Labute approximate surface area is 142 Å². The van der Waals surface area contributed by atoms with Gasteiger partial charge < -0.3 is 10.2 Å². The Morgan fingerprint density at radius 2 is 1.78 bits per heavy atom. The van der Waals surface area contributed by atoms with Crippen LogP contribution in [0.15, 0.2) is 0 Å². The Bertz CT molecular complexity index is 447. The second kappa shape index (κ2) is 8.76. The van der Waals surface area contributed by atoms with Crippen LogP contribution in [0.3, 0.4) is 0 Å². The maximum Gasteiger partial charge on any atom is 0.278 e. The molecule has 0 aromatic carbocycles. The van der Waals surface area contributed by atoms with Gasteiger partial charge in [0.05, 0.1) is 0 Å². The summed E-state index contributed by atoms with van der Waals surface area (Å²) in [5.74, 6) is 0.884. The van der Waals surface area contributed by atoms with E-state index in [1.165, 1.54) is 70.0 Å². The summed E-state index contributed by atoms with van der Waals surface area (Å²) in [6, 6.07) is 1.32. The maximum atomic E-state index is 11.6. The Balaban J connectivity index is 1.61. The summed E-state index contributed by atoms with van der Waals surface area (Å²) < 4.78 is 27.0. The highest BCUT2D eigenvalue weighted by molar-refractivity contribution is 7.87. The van der Waals surface area contributed by atoms with Crippen molar-refractivity contribution in [3.05, 3.63) is 0 Å². The third-order valence-electron chi connectivity index (χ3n) is 5.28. The van der Waals surface area contributed by atoms with Gasteiger partial charge in [0.2, 0.25) is 0 Å². The predicted octanol–water partition coefficient (Wildman–Crippen LogP) is 1.02. The predicted molar refractivity (Wildman–Crippen MR) is 94.6 cm³/mol. The van der Waals surface area contributed by atoms with E-state index in [-0.39, 0.29) is 0 Å². The summed E-state index contributed by atoms with van der Waals surface area (Å²) in [6.07, 6.45) is 7.86. The summed E-state index contributed by atoms with van der Waals surface area (Å²) in [4.78, 5) is 2.68. The van der Waals surface area contributed by atoms with Crippen LogP contribution in [0.4, 0.5) is 0 Å². The number of nitrogens with one attached hydrogen (secondary N) is 2. The summed E-state index contributed by atoms with van der Waals surface area (Å²) >= 11 is 0. The summed E-state index contributed by atoms with van der Waals surface area (Å²) in [7, 11) is -0.216. The Kier molecular flexibility index (Phi) is 7.28. The number of hydrogen-bond acceptors (Lipinski definition) is 4. The van der Waals surface area contributed by atoms with Gasteiger partial charge >= 0.3 is 0 Å². The van der Waals surface area contributed by atoms with E-state index in [0.29, 0.717) is 19.1 Å². The average Bonchev–Trinajstić information content (AvgIpc) is 2.52. The molecule has 1 saturated heterocycles. The molecule has 23 heavy (non-hydrogen) atoms. The minimum Gasteiger partial charge on any atom is -0.313 e. The van der Waals surface area contributed by atoms with Gasteiger partial charge in [0.15, 0.2) is 0 Å². The molecule has 0 radical (unpaired) electrons. The fraction of sp³-hybridized carbons (Fsp3) is 1.00. The fourth-order valence-corrected chi connectivity index (χ4v) is 4.41. The Morgan fingerprint density at radius 3 is 2.39 bits per heavy atom. The molecule has 2 rings (SSSR count). The molecule has 1 saturated carbocycles. The highest BCUT2D eigenvalue weighted by atomic mass is 32.2. The molecule has 136 valence electrons. The van der Waals surface area contributed by atoms with Gasteiger partial charge in [0.25, 0.3) is 10.2 Å². The van der Waals surface area contributed by atoms with Crippen molar-refractivity contribution in [3.8, 4) is 0 Å². The molecule has 6 nitrogen and oxygen atoms in total. The van der Waals surface area contributed by atoms with Crippen LogP contribution in [0.1, 0.15) is 45.4 Å². The molecule has 1 heterocycles. The molecule has 2 fully saturated rings. The lowest BCUT2D eigenvalue weighted by molar-refractivity contribution is 0.101. The van der Waals surface area contributed by atoms with Crippen molar-refractivity contribution in [3.63, 3.8) is 0 Å². The van der Waals surface area contributed by atoms with Gasteiger partial charge in [0, 0.05) is 39.3 Å². The average molecular weight is 347 g/mol. The molecular weight excluding hydrogens is 312 g/mol. The van der Waals surface area contributed by atoms with Gasteiger partial charge in [0.1, 0.15) is 0 Å². The van der Waals surface area contributed by atoms with E-state index in [4.69, 9.17) is 0 Å². The molecule has 2 atom stereocenters. The van der Waals surface area contributed by atoms with E-state index in [0.717, 1.165) is 12.0 Å². The van der Waals surface area contributed by atoms with E-state index in [9.17, 15) is 8.42 Å². The van der Waals surface area contributed by atoms with Gasteiger partial charge in [-0.25, -0.2) is 4.72 Å². The van der Waals surface area contributed by atoms with E-state index in [1.54, 1.807) is 0 Å². The van der Waals surface area contributed by atoms with Crippen LogP contribution in [0.5, 0.6) is 0 Å². The van der Waals surface area contributed by atoms with Gasteiger partial charge in [-0.1, -0.05) is 19.8 Å². The first-order valence-electron chi connectivity index (χ1n) is 9.03. The van der Waals surface area contributed by atoms with Crippen LogP contribution in [-0.2, 0) is 10.2 Å². The molecule has 2 N–H and O–H groups in total. The second-order valence-electron chi connectivity index (χ2n) is 7.37. The summed E-state index contributed by atoms with van der Waals surface area (Å²) in [5, 5.41) is 3.49. The number of likely N-dealkylation sites (tertiary alicyclic amines) is 1. The lowest BCUT2D eigenvalue weighted by atomic mass is 9.85. The van der Waals surface area contributed by atoms with E-state index in [2.05, 4.69) is 21.9 Å². The zero-order chi connectivity index (χ0) is 16.9. The third kappa shape index (κ3) is 5.98. The highest BCUT2D eigenvalue weighted by Gasteiger charge is 2.28. The SMILES string of the molecule is C[C@H]1CCC[C@H](N2CCC(NCCNS(=O)(=O)N(C)C)CC2)C1. The first-order chi connectivity index (χ1) is 10.9. The summed E-state index contributed by atoms with van der Waals surface area (Å²) in [6.45, 7) is 5.88. The van der Waals surface area contributed by atoms with Crippen molar-refractivity contribution in [1.82, 2.24) is 19.2 Å². The van der Waals surface area contributed by atoms with Crippen LogP contribution in [0, 0.1) is 5.92 Å². The van der Waals surface area contributed by atoms with Crippen LogP contribution in [0.2, 0.25) is 0 Å². The standard InChI is InChI=1S/C16H34N4O2S/c1-14-5-4-6-16(13-14)20-11-7-15(8-12-20)17-9-10-18-23(21,22)19(2)3/h14-18H,4-13H2,1-3H3/t14-,16-/m0/s1. The molecule has 7 heteroatoms. The lowest BCUT2D eigenvalue weighted by Gasteiger charge is -2.41. The van der Waals surface area contributed by atoms with Gasteiger partial charge in [-0.3, -0.25) is 0 Å². The Morgan fingerprint density at radius 1 is 1.09 bits per heavy atom. The molecule has 1 aliphatic heterocycles. The van der Waals surface area contributed by atoms with Crippen molar-refractivity contribution >= 4 is 10.2 Å². The smallest absolute Gasteiger partial charge is 0.278 e. The second-order valence-corrected chi connectivity index (χ2v) is 9.34. The van der Waals surface area contributed by atoms with E-state index >= 15 is 0 Å². The number of nitrogens with zero attached hydrogens (tertiary/aromatic N) is 2. The van der Waals surface area contributed by atoms with Crippen molar-refractivity contribution < 1.29 is 8.42 Å². The quantitative estimate of drug-likeness (QED) is 0.676. The third-order valence-corrected chi connectivity index (χ3v) is 6.81. The molecule has 2 aliphatic rings. The largest absolute Gasteiger partial charge is 0.313 e. The Hall–Kier alpha value is -0.210. The zero-order valence-corrected chi connectivity index (χ0v) is 15.7. The fourth-order valence-electron chi connectivity index (χ4n) is 3.79. The maximum absolute atomic E-state index is 11.6.